The molecule has 0 aliphatic heterocycles. The number of halogens is 1. The van der Waals surface area contributed by atoms with Crippen molar-refractivity contribution in [3.05, 3.63) is 28.8 Å². The third kappa shape index (κ3) is 5.17. The summed E-state index contributed by atoms with van der Waals surface area (Å²) >= 11 is 6.35. The minimum atomic E-state index is 0.298. The Hall–Kier alpha value is -0.770. The molecule has 0 heterocycles. The molecule has 1 aliphatic rings. The highest BCUT2D eigenvalue weighted by Crippen LogP contribution is 2.33. The van der Waals surface area contributed by atoms with Crippen LogP contribution in [-0.4, -0.2) is 26.4 Å². The summed E-state index contributed by atoms with van der Waals surface area (Å²) in [4.78, 5) is 0. The molecule has 2 unspecified atom stereocenters. The number of hydrogen-bond donors (Lipinski definition) is 1. The second-order valence-electron chi connectivity index (χ2n) is 5.91. The van der Waals surface area contributed by atoms with Crippen LogP contribution in [0.25, 0.3) is 0 Å². The van der Waals surface area contributed by atoms with Crippen LogP contribution >= 0.6 is 11.6 Å². The van der Waals surface area contributed by atoms with E-state index < -0.39 is 0 Å². The standard InChI is InChI=1S/C17H26ClNO2/c1-13-5-3-7-15(11-13)21-17-14(6-4-8-16(17)18)12-19-9-10-20-2/h4,6,8,13,15,19H,3,5,7,9-12H2,1-2H3. The predicted octanol–water partition coefficient (Wildman–Crippen LogP) is 4.03. The Morgan fingerprint density at radius 3 is 2.95 bits per heavy atom. The van der Waals surface area contributed by atoms with E-state index in [-0.39, 0.29) is 0 Å². The van der Waals surface area contributed by atoms with Crippen molar-refractivity contribution >= 4 is 11.6 Å². The molecule has 1 aromatic rings. The van der Waals surface area contributed by atoms with Gasteiger partial charge in [0.1, 0.15) is 5.75 Å². The van der Waals surface area contributed by atoms with Crippen LogP contribution < -0.4 is 10.1 Å². The van der Waals surface area contributed by atoms with Gasteiger partial charge in [-0.15, -0.1) is 0 Å². The minimum Gasteiger partial charge on any atom is -0.489 e. The third-order valence-corrected chi connectivity index (χ3v) is 4.32. The molecule has 0 aromatic heterocycles. The fraction of sp³-hybridized carbons (Fsp3) is 0.647. The number of rotatable bonds is 7. The zero-order valence-electron chi connectivity index (χ0n) is 13.0. The van der Waals surface area contributed by atoms with Crippen LogP contribution in [0.15, 0.2) is 18.2 Å². The Bertz CT molecular complexity index is 439. The van der Waals surface area contributed by atoms with Crippen molar-refractivity contribution in [3.8, 4) is 5.75 Å². The summed E-state index contributed by atoms with van der Waals surface area (Å²) < 4.78 is 11.3. The number of para-hydroxylation sites is 1. The maximum Gasteiger partial charge on any atom is 0.142 e. The number of nitrogens with one attached hydrogen (secondary N) is 1. The molecule has 1 fully saturated rings. The number of methoxy groups -OCH3 is 1. The molecule has 0 radical (unpaired) electrons. The molecule has 0 saturated heterocycles. The van der Waals surface area contributed by atoms with Crippen LogP contribution in [-0.2, 0) is 11.3 Å². The highest BCUT2D eigenvalue weighted by molar-refractivity contribution is 6.32. The van der Waals surface area contributed by atoms with Crippen LogP contribution in [0, 0.1) is 5.92 Å². The van der Waals surface area contributed by atoms with Gasteiger partial charge in [0, 0.05) is 25.8 Å². The molecule has 0 amide bonds. The molecule has 2 rings (SSSR count). The molecule has 0 bridgehead atoms. The summed E-state index contributed by atoms with van der Waals surface area (Å²) in [7, 11) is 1.71. The van der Waals surface area contributed by atoms with E-state index in [1.807, 2.05) is 12.1 Å². The first-order valence-electron chi connectivity index (χ1n) is 7.84. The van der Waals surface area contributed by atoms with Crippen LogP contribution in [0.1, 0.15) is 38.2 Å². The van der Waals surface area contributed by atoms with E-state index in [0.29, 0.717) is 17.7 Å². The average Bonchev–Trinajstić information content (AvgIpc) is 2.47. The van der Waals surface area contributed by atoms with Crippen molar-refractivity contribution in [2.24, 2.45) is 5.92 Å². The van der Waals surface area contributed by atoms with Gasteiger partial charge >= 0.3 is 0 Å². The first kappa shape index (κ1) is 16.6. The molecule has 1 aromatic carbocycles. The van der Waals surface area contributed by atoms with E-state index >= 15 is 0 Å². The van der Waals surface area contributed by atoms with Crippen LogP contribution in [0.2, 0.25) is 5.02 Å². The lowest BCUT2D eigenvalue weighted by atomic mass is 9.88. The SMILES string of the molecule is COCCNCc1cccc(Cl)c1OC1CCCC(C)C1. The van der Waals surface area contributed by atoms with Gasteiger partial charge in [0.15, 0.2) is 0 Å². The van der Waals surface area contributed by atoms with Crippen molar-refractivity contribution < 1.29 is 9.47 Å². The maximum atomic E-state index is 6.35. The molecule has 1 N–H and O–H groups in total. The summed E-state index contributed by atoms with van der Waals surface area (Å²) in [5.74, 6) is 1.60. The quantitative estimate of drug-likeness (QED) is 0.771. The van der Waals surface area contributed by atoms with E-state index in [0.717, 1.165) is 43.2 Å². The summed E-state index contributed by atoms with van der Waals surface area (Å²) in [6.07, 6.45) is 5.12. The monoisotopic (exact) mass is 311 g/mol. The number of ether oxygens (including phenoxy) is 2. The van der Waals surface area contributed by atoms with Gasteiger partial charge in [-0.1, -0.05) is 37.1 Å². The summed E-state index contributed by atoms with van der Waals surface area (Å²) in [5.41, 5.74) is 1.12. The molecule has 1 aliphatic carbocycles. The van der Waals surface area contributed by atoms with E-state index in [4.69, 9.17) is 21.1 Å². The molecular formula is C17H26ClNO2. The Kier molecular flexibility index (Phi) is 6.81. The lowest BCUT2D eigenvalue weighted by Gasteiger charge is -2.28. The summed E-state index contributed by atoms with van der Waals surface area (Å²) in [5, 5.41) is 4.06. The Labute approximate surface area is 133 Å². The van der Waals surface area contributed by atoms with Crippen molar-refractivity contribution in [2.45, 2.75) is 45.3 Å². The van der Waals surface area contributed by atoms with Crippen molar-refractivity contribution in [2.75, 3.05) is 20.3 Å². The van der Waals surface area contributed by atoms with Crippen LogP contribution in [0.5, 0.6) is 5.75 Å². The second kappa shape index (κ2) is 8.62. The third-order valence-electron chi connectivity index (χ3n) is 4.02. The van der Waals surface area contributed by atoms with Crippen LogP contribution in [0.4, 0.5) is 0 Å². The van der Waals surface area contributed by atoms with Crippen molar-refractivity contribution in [1.82, 2.24) is 5.32 Å². The summed E-state index contributed by atoms with van der Waals surface area (Å²) in [6.45, 7) is 4.58. The zero-order chi connectivity index (χ0) is 15.1. The molecule has 1 saturated carbocycles. The first-order valence-corrected chi connectivity index (χ1v) is 8.22. The minimum absolute atomic E-state index is 0.298. The molecule has 0 spiro atoms. The molecular weight excluding hydrogens is 286 g/mol. The lowest BCUT2D eigenvalue weighted by Crippen LogP contribution is -2.25. The van der Waals surface area contributed by atoms with Gasteiger partial charge in [0.2, 0.25) is 0 Å². The first-order chi connectivity index (χ1) is 10.2. The van der Waals surface area contributed by atoms with Gasteiger partial charge < -0.3 is 14.8 Å². The molecule has 2 atom stereocenters. The molecule has 21 heavy (non-hydrogen) atoms. The van der Waals surface area contributed by atoms with E-state index in [1.54, 1.807) is 7.11 Å². The van der Waals surface area contributed by atoms with E-state index in [2.05, 4.69) is 18.3 Å². The fourth-order valence-corrected chi connectivity index (χ4v) is 3.11. The normalized spacial score (nSPS) is 22.2. The van der Waals surface area contributed by atoms with Gasteiger partial charge in [-0.3, -0.25) is 0 Å². The van der Waals surface area contributed by atoms with Crippen molar-refractivity contribution in [1.29, 1.82) is 0 Å². The topological polar surface area (TPSA) is 30.5 Å². The number of benzene rings is 1. The second-order valence-corrected chi connectivity index (χ2v) is 6.32. The van der Waals surface area contributed by atoms with Gasteiger partial charge in [0.25, 0.3) is 0 Å². The van der Waals surface area contributed by atoms with Gasteiger partial charge in [-0.25, -0.2) is 0 Å². The summed E-state index contributed by atoms with van der Waals surface area (Å²) in [6, 6.07) is 5.96. The molecule has 3 nitrogen and oxygen atoms in total. The Morgan fingerprint density at radius 2 is 2.19 bits per heavy atom. The highest BCUT2D eigenvalue weighted by atomic mass is 35.5. The number of hydrogen-bond acceptors (Lipinski definition) is 3. The van der Waals surface area contributed by atoms with Crippen LogP contribution in [0.3, 0.4) is 0 Å². The fourth-order valence-electron chi connectivity index (χ4n) is 2.87. The van der Waals surface area contributed by atoms with Gasteiger partial charge in [-0.05, 0) is 31.2 Å². The Morgan fingerprint density at radius 1 is 1.33 bits per heavy atom. The molecule has 4 heteroatoms. The maximum absolute atomic E-state index is 6.35. The Balaban J connectivity index is 1.99. The zero-order valence-corrected chi connectivity index (χ0v) is 13.8. The predicted molar refractivity (Wildman–Crippen MR) is 87.1 cm³/mol. The molecule has 118 valence electrons. The average molecular weight is 312 g/mol. The van der Waals surface area contributed by atoms with Gasteiger partial charge in [0.05, 0.1) is 17.7 Å². The van der Waals surface area contributed by atoms with Gasteiger partial charge in [-0.2, -0.15) is 0 Å². The lowest BCUT2D eigenvalue weighted by molar-refractivity contribution is 0.128. The highest BCUT2D eigenvalue weighted by Gasteiger charge is 2.22. The smallest absolute Gasteiger partial charge is 0.142 e. The van der Waals surface area contributed by atoms with E-state index in [9.17, 15) is 0 Å². The van der Waals surface area contributed by atoms with Crippen molar-refractivity contribution in [3.63, 3.8) is 0 Å². The largest absolute Gasteiger partial charge is 0.489 e. The van der Waals surface area contributed by atoms with E-state index in [1.165, 1.54) is 12.8 Å².